The Morgan fingerprint density at radius 3 is 2.78 bits per heavy atom. The molecular weight excluding hydrogens is 123 g/mol. The molecule has 3 heteroatoms. The van der Waals surface area contributed by atoms with Crippen molar-refractivity contribution in [1.29, 1.82) is 0 Å². The molecule has 1 heterocycles. The third kappa shape index (κ3) is 0.918. The Hall–Kier alpha value is -1.30. The molecule has 0 aliphatic carbocycles. The Balaban J connectivity index is 2.77. The largest absolute Gasteiger partial charge is 0.415 e. The van der Waals surface area contributed by atoms with Crippen LogP contribution in [0.2, 0.25) is 0 Å². The molecule has 46 valence electrons. The summed E-state index contributed by atoms with van der Waals surface area (Å²) >= 11 is 0. The summed E-state index contributed by atoms with van der Waals surface area (Å²) in [6.45, 7) is 0. The minimum Gasteiger partial charge on any atom is -0.415 e. The summed E-state index contributed by atoms with van der Waals surface area (Å²) in [5, 5.41) is 0. The van der Waals surface area contributed by atoms with Gasteiger partial charge in [-0.15, -0.1) is 6.42 Å². The molecule has 2 nitrogen and oxygen atoms in total. The molecule has 0 fully saturated rings. The van der Waals surface area contributed by atoms with Crippen LogP contribution in [-0.2, 0) is 9.53 Å². The lowest BCUT2D eigenvalue weighted by atomic mass is 10.4. The van der Waals surface area contributed by atoms with Gasteiger partial charge in [-0.2, -0.15) is 0 Å². The van der Waals surface area contributed by atoms with E-state index in [2.05, 4.69) is 4.74 Å². The molecule has 0 aromatic carbocycles. The van der Waals surface area contributed by atoms with Crippen LogP contribution in [0.25, 0.3) is 0 Å². The summed E-state index contributed by atoms with van der Waals surface area (Å²) in [6.07, 6.45) is 4.09. The fourth-order valence-corrected chi connectivity index (χ4v) is 0.477. The second-order valence-corrected chi connectivity index (χ2v) is 1.50. The van der Waals surface area contributed by atoms with Gasteiger partial charge in [0.25, 0.3) is 0 Å². The number of ether oxygens (including phenoxy) is 1. The number of carbonyl (C=O) groups is 1. The number of hydrogen-bond acceptors (Lipinski definition) is 2. The minimum absolute atomic E-state index is 0.0347. The van der Waals surface area contributed by atoms with Gasteiger partial charge in [0, 0.05) is 6.08 Å². The van der Waals surface area contributed by atoms with Gasteiger partial charge >= 0.3 is 5.97 Å². The molecule has 1 unspecified atom stereocenters. The van der Waals surface area contributed by atoms with Crippen molar-refractivity contribution in [2.75, 3.05) is 0 Å². The lowest BCUT2D eigenvalue weighted by molar-refractivity contribution is -0.140. The third-order valence-electron chi connectivity index (χ3n) is 0.876. The van der Waals surface area contributed by atoms with Crippen LogP contribution in [-0.4, -0.2) is 12.1 Å². The van der Waals surface area contributed by atoms with Crippen molar-refractivity contribution in [3.8, 4) is 12.3 Å². The first kappa shape index (κ1) is 5.83. The highest BCUT2D eigenvalue weighted by Crippen LogP contribution is 2.12. The Morgan fingerprint density at radius 2 is 2.56 bits per heavy atom. The number of hydrogen-bond donors (Lipinski definition) is 0. The zero-order valence-electron chi connectivity index (χ0n) is 4.43. The molecule has 1 rings (SSSR count). The summed E-state index contributed by atoms with van der Waals surface area (Å²) in [6, 6.07) is 0. The summed E-state index contributed by atoms with van der Waals surface area (Å²) < 4.78 is 16.3. The maximum absolute atomic E-state index is 12.1. The van der Waals surface area contributed by atoms with Crippen LogP contribution in [0, 0.1) is 12.3 Å². The van der Waals surface area contributed by atoms with Crippen molar-refractivity contribution in [2.45, 2.75) is 6.17 Å². The van der Waals surface area contributed by atoms with E-state index < -0.39 is 12.1 Å². The molecule has 1 aliphatic heterocycles. The zero-order valence-corrected chi connectivity index (χ0v) is 4.43. The van der Waals surface area contributed by atoms with E-state index in [9.17, 15) is 9.18 Å². The van der Waals surface area contributed by atoms with Crippen LogP contribution in [0.4, 0.5) is 4.39 Å². The van der Waals surface area contributed by atoms with Gasteiger partial charge in [0.1, 0.15) is 0 Å². The van der Waals surface area contributed by atoms with E-state index in [1.165, 1.54) is 0 Å². The van der Waals surface area contributed by atoms with Gasteiger partial charge in [-0.1, -0.05) is 0 Å². The SMILES string of the molecule is C#CC1=CC(F)C(=O)O1. The van der Waals surface area contributed by atoms with Gasteiger partial charge in [-0.25, -0.2) is 9.18 Å². The number of carbonyl (C=O) groups excluding carboxylic acids is 1. The van der Waals surface area contributed by atoms with Crippen molar-refractivity contribution in [2.24, 2.45) is 0 Å². The van der Waals surface area contributed by atoms with Crippen molar-refractivity contribution in [3.63, 3.8) is 0 Å². The molecule has 0 bridgehead atoms. The summed E-state index contributed by atoms with van der Waals surface area (Å²) in [4.78, 5) is 10.2. The fraction of sp³-hybridized carbons (Fsp3) is 0.167. The summed E-state index contributed by atoms with van der Waals surface area (Å²) in [7, 11) is 0. The molecule has 0 N–H and O–H groups in total. The van der Waals surface area contributed by atoms with Gasteiger partial charge in [-0.05, 0) is 5.92 Å². The Kier molecular flexibility index (Phi) is 1.23. The maximum atomic E-state index is 12.1. The van der Waals surface area contributed by atoms with E-state index in [0.717, 1.165) is 6.08 Å². The number of cyclic esters (lactones) is 1. The van der Waals surface area contributed by atoms with Crippen molar-refractivity contribution in [3.05, 3.63) is 11.8 Å². The number of alkyl halides is 1. The smallest absolute Gasteiger partial charge is 0.351 e. The first-order valence-electron chi connectivity index (χ1n) is 2.28. The van der Waals surface area contributed by atoms with Gasteiger partial charge in [0.2, 0.25) is 6.17 Å². The van der Waals surface area contributed by atoms with Crippen LogP contribution >= 0.6 is 0 Å². The fourth-order valence-electron chi connectivity index (χ4n) is 0.477. The molecule has 0 saturated heterocycles. The van der Waals surface area contributed by atoms with E-state index in [4.69, 9.17) is 6.42 Å². The monoisotopic (exact) mass is 126 g/mol. The lowest BCUT2D eigenvalue weighted by Crippen LogP contribution is -2.07. The molecule has 0 radical (unpaired) electrons. The molecule has 1 aliphatic rings. The molecular formula is C6H3FO2. The standard InChI is InChI=1S/C6H3FO2/c1-2-4-3-5(7)6(8)9-4/h1,3,5H. The molecule has 0 spiro atoms. The van der Waals surface area contributed by atoms with E-state index in [1.54, 1.807) is 0 Å². The third-order valence-corrected chi connectivity index (χ3v) is 0.876. The summed E-state index contributed by atoms with van der Waals surface area (Å²) in [5.74, 6) is 1.04. The molecule has 0 amide bonds. The molecule has 9 heavy (non-hydrogen) atoms. The lowest BCUT2D eigenvalue weighted by Gasteiger charge is -1.89. The van der Waals surface area contributed by atoms with Gasteiger partial charge < -0.3 is 4.74 Å². The van der Waals surface area contributed by atoms with Crippen molar-refractivity contribution in [1.82, 2.24) is 0 Å². The predicted molar refractivity (Wildman–Crippen MR) is 27.9 cm³/mol. The molecule has 1 atom stereocenters. The second-order valence-electron chi connectivity index (χ2n) is 1.50. The number of allylic oxidation sites excluding steroid dienone is 1. The highest BCUT2D eigenvalue weighted by atomic mass is 19.1. The quantitative estimate of drug-likeness (QED) is 0.347. The van der Waals surface area contributed by atoms with Crippen LogP contribution in [0.5, 0.6) is 0 Å². The number of terminal acetylenes is 1. The maximum Gasteiger partial charge on any atom is 0.351 e. The van der Waals surface area contributed by atoms with E-state index in [1.807, 2.05) is 5.92 Å². The second kappa shape index (κ2) is 1.90. The van der Waals surface area contributed by atoms with Crippen LogP contribution in [0.15, 0.2) is 11.8 Å². The first-order valence-corrected chi connectivity index (χ1v) is 2.28. The normalized spacial score (nSPS) is 24.7. The zero-order chi connectivity index (χ0) is 6.85. The van der Waals surface area contributed by atoms with Gasteiger partial charge in [0.05, 0.1) is 0 Å². The number of rotatable bonds is 0. The average molecular weight is 126 g/mol. The van der Waals surface area contributed by atoms with Crippen LogP contribution in [0.3, 0.4) is 0 Å². The van der Waals surface area contributed by atoms with Gasteiger partial charge in [-0.3, -0.25) is 0 Å². The average Bonchev–Trinajstić information content (AvgIpc) is 2.13. The van der Waals surface area contributed by atoms with Crippen LogP contribution < -0.4 is 0 Å². The predicted octanol–water partition coefficient (Wildman–Crippen LogP) is 0.398. The topological polar surface area (TPSA) is 26.3 Å². The van der Waals surface area contributed by atoms with Crippen molar-refractivity contribution >= 4 is 5.97 Å². The van der Waals surface area contributed by atoms with E-state index in [-0.39, 0.29) is 5.76 Å². The molecule has 0 aromatic rings. The molecule has 0 saturated carbocycles. The van der Waals surface area contributed by atoms with E-state index in [0.29, 0.717) is 0 Å². The molecule has 0 aromatic heterocycles. The van der Waals surface area contributed by atoms with E-state index >= 15 is 0 Å². The summed E-state index contributed by atoms with van der Waals surface area (Å²) in [5.41, 5.74) is 0. The minimum atomic E-state index is -1.67. The van der Waals surface area contributed by atoms with Gasteiger partial charge in [0.15, 0.2) is 5.76 Å². The first-order chi connectivity index (χ1) is 4.24. The Bertz CT molecular complexity index is 212. The highest BCUT2D eigenvalue weighted by Gasteiger charge is 2.25. The Morgan fingerprint density at radius 1 is 1.89 bits per heavy atom. The van der Waals surface area contributed by atoms with Crippen LogP contribution in [0.1, 0.15) is 0 Å². The number of halogens is 1. The highest BCUT2D eigenvalue weighted by molar-refractivity contribution is 5.81. The van der Waals surface area contributed by atoms with Crippen molar-refractivity contribution < 1.29 is 13.9 Å². The Labute approximate surface area is 51.3 Å². The number of esters is 1.